The highest BCUT2D eigenvalue weighted by Gasteiger charge is 2.25. The summed E-state index contributed by atoms with van der Waals surface area (Å²) in [5, 5.41) is 11.3. The number of hydrogen-bond donors (Lipinski definition) is 1. The number of nitrogens with zero attached hydrogens (tertiary/aromatic N) is 4. The lowest BCUT2D eigenvalue weighted by Gasteiger charge is -2.32. The van der Waals surface area contributed by atoms with E-state index in [0.717, 1.165) is 39.0 Å². The van der Waals surface area contributed by atoms with E-state index in [9.17, 15) is 4.79 Å². The van der Waals surface area contributed by atoms with Crippen molar-refractivity contribution in [3.05, 3.63) is 11.9 Å². The number of carbonyl (C=O) groups is 1. The number of carbonyl (C=O) groups excluding carboxylic acids is 1. The van der Waals surface area contributed by atoms with E-state index >= 15 is 0 Å². The van der Waals surface area contributed by atoms with Crippen LogP contribution in [-0.2, 0) is 6.54 Å². The minimum absolute atomic E-state index is 0.0200. The van der Waals surface area contributed by atoms with Crippen LogP contribution in [0.1, 0.15) is 43.6 Å². The Labute approximate surface area is 126 Å². The van der Waals surface area contributed by atoms with Gasteiger partial charge in [-0.05, 0) is 44.7 Å². The SMILES string of the molecule is CNCC1CCCN(C(=O)c2cn(CCC(C)C)nn2)C1. The summed E-state index contributed by atoms with van der Waals surface area (Å²) in [6.07, 6.45) is 5.09. The number of aromatic nitrogens is 3. The number of aryl methyl sites for hydroxylation is 1. The Morgan fingerprint density at radius 2 is 2.33 bits per heavy atom. The molecule has 6 nitrogen and oxygen atoms in total. The fourth-order valence-corrected chi connectivity index (χ4v) is 2.76. The lowest BCUT2D eigenvalue weighted by Crippen LogP contribution is -2.42. The second-order valence-electron chi connectivity index (χ2n) is 6.37. The molecular weight excluding hydrogens is 266 g/mol. The zero-order chi connectivity index (χ0) is 15.2. The molecule has 6 heteroatoms. The van der Waals surface area contributed by atoms with Gasteiger partial charge < -0.3 is 10.2 Å². The van der Waals surface area contributed by atoms with E-state index in [1.165, 1.54) is 6.42 Å². The zero-order valence-corrected chi connectivity index (χ0v) is 13.4. The van der Waals surface area contributed by atoms with Gasteiger partial charge in [-0.3, -0.25) is 9.48 Å². The fraction of sp³-hybridized carbons (Fsp3) is 0.800. The Hall–Kier alpha value is -1.43. The summed E-state index contributed by atoms with van der Waals surface area (Å²) < 4.78 is 1.78. The maximum Gasteiger partial charge on any atom is 0.276 e. The Bertz CT molecular complexity index is 455. The molecule has 1 aliphatic heterocycles. The van der Waals surface area contributed by atoms with Gasteiger partial charge in [0.05, 0.1) is 6.20 Å². The quantitative estimate of drug-likeness (QED) is 0.861. The normalized spacial score (nSPS) is 19.2. The monoisotopic (exact) mass is 293 g/mol. The number of nitrogens with one attached hydrogen (secondary N) is 1. The molecule has 1 aromatic heterocycles. The molecule has 1 fully saturated rings. The summed E-state index contributed by atoms with van der Waals surface area (Å²) >= 11 is 0. The van der Waals surface area contributed by atoms with E-state index in [-0.39, 0.29) is 5.91 Å². The molecule has 0 bridgehead atoms. The number of piperidine rings is 1. The summed E-state index contributed by atoms with van der Waals surface area (Å²) in [7, 11) is 1.96. The largest absolute Gasteiger partial charge is 0.337 e. The topological polar surface area (TPSA) is 63.1 Å². The van der Waals surface area contributed by atoms with Crippen molar-refractivity contribution in [2.75, 3.05) is 26.7 Å². The molecule has 0 spiro atoms. The van der Waals surface area contributed by atoms with Gasteiger partial charge in [0.2, 0.25) is 0 Å². The van der Waals surface area contributed by atoms with Crippen LogP contribution in [-0.4, -0.2) is 52.5 Å². The molecule has 21 heavy (non-hydrogen) atoms. The summed E-state index contributed by atoms with van der Waals surface area (Å²) in [5.74, 6) is 1.19. The fourth-order valence-electron chi connectivity index (χ4n) is 2.76. The summed E-state index contributed by atoms with van der Waals surface area (Å²) in [6.45, 7) is 7.79. The molecule has 0 radical (unpaired) electrons. The Kier molecular flexibility index (Phi) is 5.73. The van der Waals surface area contributed by atoms with Gasteiger partial charge in [0.15, 0.2) is 5.69 Å². The van der Waals surface area contributed by atoms with E-state index < -0.39 is 0 Å². The first-order valence-electron chi connectivity index (χ1n) is 7.94. The van der Waals surface area contributed by atoms with Gasteiger partial charge >= 0.3 is 0 Å². The number of rotatable bonds is 6. The first-order valence-corrected chi connectivity index (χ1v) is 7.94. The molecule has 1 atom stereocenters. The van der Waals surface area contributed by atoms with Gasteiger partial charge in [0, 0.05) is 19.6 Å². The van der Waals surface area contributed by atoms with Crippen LogP contribution in [0.5, 0.6) is 0 Å². The molecule has 0 aliphatic carbocycles. The van der Waals surface area contributed by atoms with E-state index in [1.807, 2.05) is 11.9 Å². The molecule has 1 saturated heterocycles. The highest BCUT2D eigenvalue weighted by molar-refractivity contribution is 5.92. The van der Waals surface area contributed by atoms with Crippen LogP contribution in [0.3, 0.4) is 0 Å². The number of likely N-dealkylation sites (tertiary alicyclic amines) is 1. The maximum absolute atomic E-state index is 12.5. The molecule has 1 aromatic rings. The van der Waals surface area contributed by atoms with Gasteiger partial charge in [-0.1, -0.05) is 19.1 Å². The highest BCUT2D eigenvalue weighted by Crippen LogP contribution is 2.17. The summed E-state index contributed by atoms with van der Waals surface area (Å²) in [5.41, 5.74) is 0.476. The zero-order valence-electron chi connectivity index (χ0n) is 13.4. The second kappa shape index (κ2) is 7.54. The van der Waals surface area contributed by atoms with Crippen molar-refractivity contribution in [1.82, 2.24) is 25.2 Å². The predicted octanol–water partition coefficient (Wildman–Crippen LogP) is 1.40. The van der Waals surface area contributed by atoms with E-state index in [2.05, 4.69) is 29.5 Å². The van der Waals surface area contributed by atoms with Crippen LogP contribution in [0.25, 0.3) is 0 Å². The highest BCUT2D eigenvalue weighted by atomic mass is 16.2. The Balaban J connectivity index is 1.93. The third kappa shape index (κ3) is 4.52. The van der Waals surface area contributed by atoms with Crippen LogP contribution in [0, 0.1) is 11.8 Å². The van der Waals surface area contributed by atoms with Crippen LogP contribution in [0.15, 0.2) is 6.20 Å². The number of hydrogen-bond acceptors (Lipinski definition) is 4. The molecule has 1 amide bonds. The molecule has 2 rings (SSSR count). The van der Waals surface area contributed by atoms with Crippen LogP contribution in [0.4, 0.5) is 0 Å². The Morgan fingerprint density at radius 1 is 1.52 bits per heavy atom. The third-order valence-electron chi connectivity index (χ3n) is 3.99. The second-order valence-corrected chi connectivity index (χ2v) is 6.37. The summed E-state index contributed by atoms with van der Waals surface area (Å²) in [6, 6.07) is 0. The van der Waals surface area contributed by atoms with Crippen LogP contribution < -0.4 is 5.32 Å². The molecule has 2 heterocycles. The van der Waals surface area contributed by atoms with Crippen LogP contribution >= 0.6 is 0 Å². The Morgan fingerprint density at radius 3 is 3.05 bits per heavy atom. The van der Waals surface area contributed by atoms with Gasteiger partial charge in [0.25, 0.3) is 5.91 Å². The molecule has 118 valence electrons. The average molecular weight is 293 g/mol. The first kappa shape index (κ1) is 15.9. The van der Waals surface area contributed by atoms with Gasteiger partial charge in [-0.25, -0.2) is 0 Å². The van der Waals surface area contributed by atoms with Crippen molar-refractivity contribution < 1.29 is 4.79 Å². The molecule has 0 saturated carbocycles. The first-order chi connectivity index (χ1) is 10.1. The number of amides is 1. The van der Waals surface area contributed by atoms with Crippen molar-refractivity contribution in [3.63, 3.8) is 0 Å². The molecular formula is C15H27N5O. The van der Waals surface area contributed by atoms with Gasteiger partial charge in [0.1, 0.15) is 0 Å². The molecule has 1 unspecified atom stereocenters. The van der Waals surface area contributed by atoms with E-state index in [4.69, 9.17) is 0 Å². The lowest BCUT2D eigenvalue weighted by molar-refractivity contribution is 0.0668. The van der Waals surface area contributed by atoms with Crippen molar-refractivity contribution in [2.24, 2.45) is 11.8 Å². The van der Waals surface area contributed by atoms with Crippen molar-refractivity contribution in [2.45, 2.75) is 39.7 Å². The van der Waals surface area contributed by atoms with E-state index in [1.54, 1.807) is 10.9 Å². The molecule has 1 aliphatic rings. The maximum atomic E-state index is 12.5. The molecule has 1 N–H and O–H groups in total. The predicted molar refractivity (Wildman–Crippen MR) is 82.0 cm³/mol. The standard InChI is InChI=1S/C15H27N5O/c1-12(2)6-8-20-11-14(17-18-20)15(21)19-7-4-5-13(10-19)9-16-3/h11-13,16H,4-10H2,1-3H3. The van der Waals surface area contributed by atoms with Gasteiger partial charge in [-0.15, -0.1) is 5.10 Å². The minimum atomic E-state index is 0.0200. The smallest absolute Gasteiger partial charge is 0.276 e. The average Bonchev–Trinajstić information content (AvgIpc) is 2.94. The van der Waals surface area contributed by atoms with Crippen molar-refractivity contribution >= 4 is 5.91 Å². The molecule has 0 aromatic carbocycles. The minimum Gasteiger partial charge on any atom is -0.337 e. The van der Waals surface area contributed by atoms with Crippen LogP contribution in [0.2, 0.25) is 0 Å². The van der Waals surface area contributed by atoms with E-state index in [0.29, 0.717) is 17.5 Å². The van der Waals surface area contributed by atoms with Gasteiger partial charge in [-0.2, -0.15) is 0 Å². The van der Waals surface area contributed by atoms with Crippen molar-refractivity contribution in [3.8, 4) is 0 Å². The lowest BCUT2D eigenvalue weighted by atomic mass is 9.98. The summed E-state index contributed by atoms with van der Waals surface area (Å²) in [4.78, 5) is 14.4. The van der Waals surface area contributed by atoms with Crippen molar-refractivity contribution in [1.29, 1.82) is 0 Å². The third-order valence-corrected chi connectivity index (χ3v) is 3.99.